The van der Waals surface area contributed by atoms with E-state index in [4.69, 9.17) is 0 Å². The molecule has 1 aromatic heterocycles. The summed E-state index contributed by atoms with van der Waals surface area (Å²) in [6.07, 6.45) is 2.98. The third-order valence-corrected chi connectivity index (χ3v) is 4.55. The molecule has 1 N–H and O–H groups in total. The Morgan fingerprint density at radius 2 is 2.04 bits per heavy atom. The van der Waals surface area contributed by atoms with Gasteiger partial charge in [0.15, 0.2) is 5.16 Å². The highest BCUT2D eigenvalue weighted by Crippen LogP contribution is 2.37. The van der Waals surface area contributed by atoms with Crippen molar-refractivity contribution in [3.8, 4) is 0 Å². The van der Waals surface area contributed by atoms with Crippen molar-refractivity contribution in [2.24, 2.45) is 0 Å². The van der Waals surface area contributed by atoms with Crippen LogP contribution in [0.2, 0.25) is 0 Å². The third kappa shape index (κ3) is 3.61. The predicted molar refractivity (Wildman–Crippen MR) is 86.0 cm³/mol. The Balaban J connectivity index is 1.85. The summed E-state index contributed by atoms with van der Waals surface area (Å²) in [5.41, 5.74) is -0.280. The zero-order valence-corrected chi connectivity index (χ0v) is 13.5. The fourth-order valence-corrected chi connectivity index (χ4v) is 3.11. The molecule has 126 valence electrons. The summed E-state index contributed by atoms with van der Waals surface area (Å²) in [7, 11) is 0. The molecule has 9 heteroatoms. The van der Waals surface area contributed by atoms with Crippen molar-refractivity contribution < 1.29 is 13.7 Å². The molecule has 1 heterocycles. The fraction of sp³-hybridized carbons (Fsp3) is 0.333. The molecular formula is C15H14F2N4O2S. The van der Waals surface area contributed by atoms with Crippen LogP contribution < -0.4 is 5.32 Å². The first kappa shape index (κ1) is 16.6. The van der Waals surface area contributed by atoms with Crippen molar-refractivity contribution in [2.45, 2.75) is 36.2 Å². The van der Waals surface area contributed by atoms with Gasteiger partial charge in [0.1, 0.15) is 17.8 Å². The summed E-state index contributed by atoms with van der Waals surface area (Å²) in [5, 5.41) is 13.7. The van der Waals surface area contributed by atoms with Crippen molar-refractivity contribution in [3.63, 3.8) is 0 Å². The van der Waals surface area contributed by atoms with Gasteiger partial charge in [-0.05, 0) is 31.9 Å². The first-order valence-corrected chi connectivity index (χ1v) is 8.22. The number of rotatable bonds is 6. The van der Waals surface area contributed by atoms with E-state index in [0.717, 1.165) is 30.8 Å². The van der Waals surface area contributed by atoms with Gasteiger partial charge in [-0.1, -0.05) is 17.8 Å². The Morgan fingerprint density at radius 1 is 1.38 bits per heavy atom. The zero-order chi connectivity index (χ0) is 17.3. The van der Waals surface area contributed by atoms with Crippen LogP contribution in [0.25, 0.3) is 0 Å². The highest BCUT2D eigenvalue weighted by atomic mass is 32.2. The molecule has 0 spiro atoms. The van der Waals surface area contributed by atoms with Crippen LogP contribution in [-0.2, 0) is 0 Å². The Morgan fingerprint density at radius 3 is 2.62 bits per heavy atom. The fourth-order valence-electron chi connectivity index (χ4n) is 2.19. The number of nitro groups is 1. The van der Waals surface area contributed by atoms with E-state index in [1.165, 1.54) is 18.2 Å². The maximum atomic E-state index is 13.8. The Hall–Kier alpha value is -2.29. The molecule has 1 atom stereocenters. The van der Waals surface area contributed by atoms with Crippen molar-refractivity contribution in [1.82, 2.24) is 9.97 Å². The molecule has 1 aliphatic carbocycles. The average Bonchev–Trinajstić information content (AvgIpc) is 3.31. The first-order chi connectivity index (χ1) is 11.5. The van der Waals surface area contributed by atoms with Crippen molar-refractivity contribution >= 4 is 23.3 Å². The van der Waals surface area contributed by atoms with Crippen molar-refractivity contribution in [1.29, 1.82) is 0 Å². The van der Waals surface area contributed by atoms with Gasteiger partial charge in [-0.3, -0.25) is 10.1 Å². The SMILES string of the molecule is CC(Sc1ncc([N+](=O)[O-])c(NC2CC2)n1)c1c(F)cccc1F. The van der Waals surface area contributed by atoms with Gasteiger partial charge in [0.2, 0.25) is 5.82 Å². The third-order valence-electron chi connectivity index (χ3n) is 3.55. The first-order valence-electron chi connectivity index (χ1n) is 7.34. The van der Waals surface area contributed by atoms with Crippen LogP contribution in [0.3, 0.4) is 0 Å². The molecule has 0 aliphatic heterocycles. The van der Waals surface area contributed by atoms with Gasteiger partial charge < -0.3 is 5.32 Å². The van der Waals surface area contributed by atoms with Crippen molar-refractivity contribution in [3.05, 3.63) is 51.7 Å². The Labute approximate surface area is 140 Å². The van der Waals surface area contributed by atoms with Gasteiger partial charge in [0.25, 0.3) is 0 Å². The number of benzene rings is 1. The molecule has 3 rings (SSSR count). The van der Waals surface area contributed by atoms with Gasteiger partial charge in [-0.25, -0.2) is 13.8 Å². The van der Waals surface area contributed by atoms with E-state index in [0.29, 0.717) is 0 Å². The van der Waals surface area contributed by atoms with E-state index >= 15 is 0 Å². The largest absolute Gasteiger partial charge is 0.361 e. The van der Waals surface area contributed by atoms with E-state index in [1.54, 1.807) is 6.92 Å². The number of anilines is 1. The van der Waals surface area contributed by atoms with E-state index in [2.05, 4.69) is 15.3 Å². The quantitative estimate of drug-likeness (QED) is 0.365. The molecule has 1 saturated carbocycles. The number of halogens is 2. The standard InChI is InChI=1S/C15H14F2N4O2S/c1-8(13-10(16)3-2-4-11(13)17)24-15-18-7-12(21(22)23)14(20-15)19-9-5-6-9/h2-4,7-9H,5-6H2,1H3,(H,18,19,20). The smallest absolute Gasteiger partial charge is 0.329 e. The number of thioether (sulfide) groups is 1. The van der Waals surface area contributed by atoms with Gasteiger partial charge >= 0.3 is 5.69 Å². The minimum absolute atomic E-state index is 0.0684. The van der Waals surface area contributed by atoms with E-state index in [-0.39, 0.29) is 28.3 Å². The maximum Gasteiger partial charge on any atom is 0.329 e. The molecule has 24 heavy (non-hydrogen) atoms. The highest BCUT2D eigenvalue weighted by molar-refractivity contribution is 7.99. The minimum atomic E-state index is -0.645. The lowest BCUT2D eigenvalue weighted by atomic mass is 10.1. The zero-order valence-electron chi connectivity index (χ0n) is 12.7. The van der Waals surface area contributed by atoms with E-state index in [1.807, 2.05) is 0 Å². The Kier molecular flexibility index (Phi) is 4.61. The second-order valence-corrected chi connectivity index (χ2v) is 6.77. The molecule has 1 aliphatic rings. The van der Waals surface area contributed by atoms with Crippen LogP contribution in [0.15, 0.2) is 29.6 Å². The molecular weight excluding hydrogens is 338 g/mol. The number of hydrogen-bond acceptors (Lipinski definition) is 6. The molecule has 1 aromatic carbocycles. The van der Waals surface area contributed by atoms with Gasteiger partial charge in [0.05, 0.1) is 4.92 Å². The van der Waals surface area contributed by atoms with Crippen LogP contribution >= 0.6 is 11.8 Å². The van der Waals surface area contributed by atoms with E-state index < -0.39 is 21.8 Å². The molecule has 1 fully saturated rings. The number of hydrogen-bond donors (Lipinski definition) is 1. The van der Waals surface area contributed by atoms with Crippen LogP contribution in [0.1, 0.15) is 30.6 Å². The second-order valence-electron chi connectivity index (χ2n) is 5.46. The predicted octanol–water partition coefficient (Wildman–Crippen LogP) is 4.09. The minimum Gasteiger partial charge on any atom is -0.361 e. The lowest BCUT2D eigenvalue weighted by Gasteiger charge is -2.13. The van der Waals surface area contributed by atoms with Crippen LogP contribution in [-0.4, -0.2) is 20.9 Å². The summed E-state index contributed by atoms with van der Waals surface area (Å²) in [6, 6.07) is 3.85. The molecule has 6 nitrogen and oxygen atoms in total. The highest BCUT2D eigenvalue weighted by Gasteiger charge is 2.27. The van der Waals surface area contributed by atoms with Crippen LogP contribution in [0.5, 0.6) is 0 Å². The summed E-state index contributed by atoms with van der Waals surface area (Å²) in [6.45, 7) is 1.63. The summed E-state index contributed by atoms with van der Waals surface area (Å²) in [4.78, 5) is 18.6. The number of nitrogens with one attached hydrogen (secondary N) is 1. The van der Waals surface area contributed by atoms with E-state index in [9.17, 15) is 18.9 Å². The lowest BCUT2D eigenvalue weighted by molar-refractivity contribution is -0.384. The molecule has 0 radical (unpaired) electrons. The molecule has 0 bridgehead atoms. The lowest BCUT2D eigenvalue weighted by Crippen LogP contribution is -2.08. The summed E-state index contributed by atoms with van der Waals surface area (Å²) < 4.78 is 27.7. The molecule has 1 unspecified atom stereocenters. The Bertz CT molecular complexity index is 766. The normalized spacial score (nSPS) is 15.1. The monoisotopic (exact) mass is 352 g/mol. The molecule has 0 amide bonds. The maximum absolute atomic E-state index is 13.8. The summed E-state index contributed by atoms with van der Waals surface area (Å²) in [5.74, 6) is -1.15. The van der Waals surface area contributed by atoms with Gasteiger partial charge in [0, 0.05) is 16.9 Å². The average molecular weight is 352 g/mol. The number of aromatic nitrogens is 2. The molecule has 0 saturated heterocycles. The van der Waals surface area contributed by atoms with Crippen molar-refractivity contribution in [2.75, 3.05) is 5.32 Å². The summed E-state index contributed by atoms with van der Waals surface area (Å²) >= 11 is 1.04. The van der Waals surface area contributed by atoms with Crippen LogP contribution in [0.4, 0.5) is 20.3 Å². The van der Waals surface area contributed by atoms with Gasteiger partial charge in [-0.15, -0.1) is 0 Å². The van der Waals surface area contributed by atoms with Crippen LogP contribution in [0, 0.1) is 21.7 Å². The number of nitrogens with zero attached hydrogens (tertiary/aromatic N) is 3. The molecule has 2 aromatic rings. The topological polar surface area (TPSA) is 81.0 Å². The van der Waals surface area contributed by atoms with Gasteiger partial charge in [-0.2, -0.15) is 4.98 Å². The second kappa shape index (κ2) is 6.68.